The van der Waals surface area contributed by atoms with Crippen molar-refractivity contribution in [2.45, 2.75) is 26.2 Å². The van der Waals surface area contributed by atoms with Gasteiger partial charge in [0.15, 0.2) is 0 Å². The van der Waals surface area contributed by atoms with Gasteiger partial charge in [0.05, 0.1) is 22.1 Å². The quantitative estimate of drug-likeness (QED) is 0.165. The van der Waals surface area contributed by atoms with Gasteiger partial charge in [-0.25, -0.2) is 0 Å². The third-order valence-corrected chi connectivity index (χ3v) is 13.6. The van der Waals surface area contributed by atoms with Crippen molar-refractivity contribution in [3.05, 3.63) is 212 Å². The molecule has 11 aromatic rings. The van der Waals surface area contributed by atoms with Crippen LogP contribution in [0.15, 0.2) is 206 Å². The molecule has 0 aliphatic carbocycles. The van der Waals surface area contributed by atoms with Crippen LogP contribution in [0.1, 0.15) is 26.3 Å². The molecule has 2 aliphatic rings. The number of aromatic nitrogens is 2. The number of para-hydroxylation sites is 6. The van der Waals surface area contributed by atoms with Gasteiger partial charge in [0.2, 0.25) is 0 Å². The van der Waals surface area contributed by atoms with Crippen LogP contribution in [0.3, 0.4) is 0 Å². The summed E-state index contributed by atoms with van der Waals surface area (Å²) in [5.41, 5.74) is 19.3. The van der Waals surface area contributed by atoms with Crippen LogP contribution in [-0.4, -0.2) is 15.8 Å². The first-order valence-electron chi connectivity index (χ1n) is 22.1. The lowest BCUT2D eigenvalue weighted by Crippen LogP contribution is -2.61. The van der Waals surface area contributed by atoms with Gasteiger partial charge < -0.3 is 18.9 Å². The minimum atomic E-state index is -0.123. The summed E-state index contributed by atoms with van der Waals surface area (Å²) in [5.74, 6) is 0. The van der Waals surface area contributed by atoms with E-state index in [4.69, 9.17) is 0 Å². The number of nitrogens with zero attached hydrogens (tertiary/aromatic N) is 4. The zero-order valence-electron chi connectivity index (χ0n) is 35.5. The van der Waals surface area contributed by atoms with Gasteiger partial charge in [-0.1, -0.05) is 142 Å². The lowest BCUT2D eigenvalue weighted by molar-refractivity contribution is 0.590. The largest absolute Gasteiger partial charge is 0.311 e. The van der Waals surface area contributed by atoms with Gasteiger partial charge in [0.25, 0.3) is 6.71 Å². The Morgan fingerprint density at radius 2 is 0.683 bits per heavy atom. The van der Waals surface area contributed by atoms with Crippen LogP contribution in [0.4, 0.5) is 34.1 Å². The van der Waals surface area contributed by atoms with Crippen molar-refractivity contribution < 1.29 is 0 Å². The summed E-state index contributed by atoms with van der Waals surface area (Å²) >= 11 is 0. The third kappa shape index (κ3) is 5.23. The second-order valence-electron chi connectivity index (χ2n) is 18.2. The van der Waals surface area contributed by atoms with E-state index in [1.807, 2.05) is 0 Å². The fourth-order valence-corrected chi connectivity index (χ4v) is 10.8. The van der Waals surface area contributed by atoms with Crippen LogP contribution in [0.2, 0.25) is 0 Å². The van der Waals surface area contributed by atoms with Crippen molar-refractivity contribution in [1.29, 1.82) is 0 Å². The number of hydrogen-bond acceptors (Lipinski definition) is 2. The number of hydrogen-bond donors (Lipinski definition) is 0. The summed E-state index contributed by atoms with van der Waals surface area (Å²) in [5, 5.41) is 5.05. The summed E-state index contributed by atoms with van der Waals surface area (Å²) in [6, 6.07) is 76.5. The molecule has 9 aromatic carbocycles. The summed E-state index contributed by atoms with van der Waals surface area (Å²) in [7, 11) is 0. The second kappa shape index (κ2) is 13.4. The molecule has 63 heavy (non-hydrogen) atoms. The minimum Gasteiger partial charge on any atom is -0.311 e. The highest BCUT2D eigenvalue weighted by molar-refractivity contribution is 7.00. The van der Waals surface area contributed by atoms with E-state index in [1.54, 1.807) is 0 Å². The van der Waals surface area contributed by atoms with Crippen LogP contribution < -0.4 is 26.2 Å². The Kier molecular flexibility index (Phi) is 7.63. The molecule has 0 bridgehead atoms. The average Bonchev–Trinajstić information content (AvgIpc) is 3.84. The Bertz CT molecular complexity index is 3320. The molecular weight excluding hydrogens is 763 g/mol. The molecule has 0 saturated heterocycles. The number of anilines is 6. The summed E-state index contributed by atoms with van der Waals surface area (Å²) in [6.07, 6.45) is 0. The molecule has 2 aliphatic heterocycles. The Morgan fingerprint density at radius 3 is 1.08 bits per heavy atom. The smallest absolute Gasteiger partial charge is 0.252 e. The molecule has 0 spiro atoms. The maximum absolute atomic E-state index is 2.54. The zero-order chi connectivity index (χ0) is 42.0. The fourth-order valence-electron chi connectivity index (χ4n) is 10.8. The van der Waals surface area contributed by atoms with Crippen LogP contribution >= 0.6 is 0 Å². The molecule has 13 rings (SSSR count). The Hall–Kier alpha value is -7.76. The van der Waals surface area contributed by atoms with Crippen molar-refractivity contribution >= 4 is 101 Å². The summed E-state index contributed by atoms with van der Waals surface area (Å²) in [6.45, 7) is 7.07. The highest BCUT2D eigenvalue weighted by Gasteiger charge is 2.44. The molecule has 4 nitrogen and oxygen atoms in total. The molecule has 5 heteroatoms. The fraction of sp³-hybridized carbons (Fsp3) is 0.0690. The standard InChI is InChI=1S/C58H43BN4/c1-58(2,3)38-34-55-57-56(35-38)63(42-21-17-19-40(37-42)61-51-30-12-6-24-45(51)46-25-7-13-31-52(46)61)54-33-15-9-27-48(54)59(57)47-26-8-14-32-53(47)62(55)41-20-16-18-39(36-41)60-49-28-10-4-22-43(49)44-23-5-11-29-50(44)60/h4-37H,1-3H3. The molecular formula is C58H43BN4. The van der Waals surface area contributed by atoms with Gasteiger partial charge in [-0.15, -0.1) is 0 Å². The van der Waals surface area contributed by atoms with E-state index in [0.29, 0.717) is 0 Å². The molecule has 0 N–H and O–H groups in total. The van der Waals surface area contributed by atoms with Gasteiger partial charge in [0.1, 0.15) is 0 Å². The topological polar surface area (TPSA) is 16.3 Å². The maximum atomic E-state index is 2.54. The van der Waals surface area contributed by atoms with E-state index in [0.717, 1.165) is 22.7 Å². The molecule has 2 aromatic heterocycles. The van der Waals surface area contributed by atoms with Gasteiger partial charge in [-0.2, -0.15) is 0 Å². The third-order valence-electron chi connectivity index (χ3n) is 13.6. The normalized spacial score (nSPS) is 13.2. The Morgan fingerprint density at radius 1 is 0.333 bits per heavy atom. The van der Waals surface area contributed by atoms with E-state index >= 15 is 0 Å². The molecule has 0 radical (unpaired) electrons. The summed E-state index contributed by atoms with van der Waals surface area (Å²) < 4.78 is 4.85. The molecule has 298 valence electrons. The van der Waals surface area contributed by atoms with Crippen molar-refractivity contribution in [3.8, 4) is 11.4 Å². The van der Waals surface area contributed by atoms with Gasteiger partial charge >= 0.3 is 0 Å². The number of rotatable bonds is 4. The lowest BCUT2D eigenvalue weighted by atomic mass is 9.33. The SMILES string of the molecule is CC(C)(C)c1cc2c3c(c1)N(c1cccc(-n4c5ccccc5c5ccccc54)c1)c1ccccc1B3c1ccccc1N2c1cccc(-n2c3ccccc3c3ccccc32)c1. The number of fused-ring (bicyclic) bond motifs is 10. The molecule has 0 amide bonds. The summed E-state index contributed by atoms with van der Waals surface area (Å²) in [4.78, 5) is 5.08. The average molecular weight is 807 g/mol. The van der Waals surface area contributed by atoms with Crippen LogP contribution in [0.5, 0.6) is 0 Å². The molecule has 4 heterocycles. The maximum Gasteiger partial charge on any atom is 0.252 e. The highest BCUT2D eigenvalue weighted by Crippen LogP contribution is 2.47. The Labute approximate surface area is 367 Å². The van der Waals surface area contributed by atoms with Gasteiger partial charge in [-0.3, -0.25) is 0 Å². The number of benzene rings is 9. The van der Waals surface area contributed by atoms with E-state index < -0.39 is 0 Å². The van der Waals surface area contributed by atoms with Crippen molar-refractivity contribution in [2.75, 3.05) is 9.80 Å². The molecule has 0 unspecified atom stereocenters. The predicted molar refractivity (Wildman–Crippen MR) is 268 cm³/mol. The highest BCUT2D eigenvalue weighted by atomic mass is 15.2. The predicted octanol–water partition coefficient (Wildman–Crippen LogP) is 13.3. The minimum absolute atomic E-state index is 0.0463. The van der Waals surface area contributed by atoms with E-state index in [9.17, 15) is 0 Å². The van der Waals surface area contributed by atoms with Gasteiger partial charge in [-0.05, 0) is 112 Å². The van der Waals surface area contributed by atoms with Gasteiger partial charge in [0, 0.05) is 67.0 Å². The first-order valence-corrected chi connectivity index (χ1v) is 22.1. The zero-order valence-corrected chi connectivity index (χ0v) is 35.5. The van der Waals surface area contributed by atoms with E-state index in [1.165, 1.54) is 88.3 Å². The lowest BCUT2D eigenvalue weighted by Gasteiger charge is -2.45. The van der Waals surface area contributed by atoms with Crippen LogP contribution in [-0.2, 0) is 5.41 Å². The van der Waals surface area contributed by atoms with Crippen molar-refractivity contribution in [2.24, 2.45) is 0 Å². The van der Waals surface area contributed by atoms with Crippen LogP contribution in [0, 0.1) is 0 Å². The molecule has 0 saturated carbocycles. The molecule has 0 atom stereocenters. The van der Waals surface area contributed by atoms with Crippen LogP contribution in [0.25, 0.3) is 55.0 Å². The first kappa shape index (κ1) is 35.9. The van der Waals surface area contributed by atoms with Crippen molar-refractivity contribution in [1.82, 2.24) is 9.13 Å². The first-order chi connectivity index (χ1) is 30.9. The van der Waals surface area contributed by atoms with E-state index in [2.05, 4.69) is 246 Å². The second-order valence-corrected chi connectivity index (χ2v) is 18.2. The molecule has 0 fully saturated rings. The Balaban J connectivity index is 1.06. The van der Waals surface area contributed by atoms with Crippen molar-refractivity contribution in [3.63, 3.8) is 0 Å². The monoisotopic (exact) mass is 806 g/mol. The van der Waals surface area contributed by atoms with E-state index in [-0.39, 0.29) is 12.1 Å².